The fourth-order valence-electron chi connectivity index (χ4n) is 3.45. The normalized spacial score (nSPS) is 15.7. The number of pyridine rings is 1. The molecule has 1 atom stereocenters. The lowest BCUT2D eigenvalue weighted by atomic mass is 10.1. The molecule has 0 saturated carbocycles. The van der Waals surface area contributed by atoms with E-state index < -0.39 is 23.8 Å². The molecule has 1 amide bonds. The number of aliphatic hydroxyl groups is 1. The standard InChI is InChI=1S/C23H25F3N4O3/c1-2-12-33-16-20(31)15-29-8-10-30(11-9-29)21-7-6-19(14-27-21)28-22(32)17-4-3-5-18(13-17)23(24,25)26/h1,3-7,13-14,20,31H,8-12,15-16H2,(H,28,32). The van der Waals surface area contributed by atoms with Crippen LogP contribution >= 0.6 is 0 Å². The highest BCUT2D eigenvalue weighted by molar-refractivity contribution is 6.04. The smallest absolute Gasteiger partial charge is 0.389 e. The van der Waals surface area contributed by atoms with Gasteiger partial charge in [0.15, 0.2) is 0 Å². The molecule has 7 nitrogen and oxygen atoms in total. The minimum absolute atomic E-state index is 0.0862. The number of aromatic nitrogens is 1. The van der Waals surface area contributed by atoms with Crippen LogP contribution in [0.15, 0.2) is 42.6 Å². The van der Waals surface area contributed by atoms with Gasteiger partial charge in [0, 0.05) is 38.3 Å². The first kappa shape index (κ1) is 24.5. The number of nitrogens with zero attached hydrogens (tertiary/aromatic N) is 3. The molecule has 1 aliphatic heterocycles. The summed E-state index contributed by atoms with van der Waals surface area (Å²) in [7, 11) is 0. The lowest BCUT2D eigenvalue weighted by Gasteiger charge is -2.36. The Kier molecular flexibility index (Phi) is 8.27. The molecule has 2 N–H and O–H groups in total. The van der Waals surface area contributed by atoms with E-state index in [1.54, 1.807) is 12.1 Å². The van der Waals surface area contributed by atoms with Crippen LogP contribution in [-0.2, 0) is 10.9 Å². The Balaban J connectivity index is 1.50. The molecule has 2 heterocycles. The summed E-state index contributed by atoms with van der Waals surface area (Å²) < 4.78 is 43.7. The average molecular weight is 462 g/mol. The van der Waals surface area contributed by atoms with E-state index in [9.17, 15) is 23.1 Å². The fraction of sp³-hybridized carbons (Fsp3) is 0.391. The number of benzene rings is 1. The average Bonchev–Trinajstić information content (AvgIpc) is 2.80. The second-order valence-electron chi connectivity index (χ2n) is 7.60. The number of amides is 1. The predicted molar refractivity (Wildman–Crippen MR) is 118 cm³/mol. The molecule has 0 bridgehead atoms. The first-order valence-electron chi connectivity index (χ1n) is 10.4. The number of hydrogen-bond acceptors (Lipinski definition) is 6. The molecule has 3 rings (SSSR count). The number of ether oxygens (including phenoxy) is 1. The number of halogens is 3. The molecule has 0 aliphatic carbocycles. The summed E-state index contributed by atoms with van der Waals surface area (Å²) in [6, 6.07) is 7.66. The largest absolute Gasteiger partial charge is 0.416 e. The quantitative estimate of drug-likeness (QED) is 0.464. The van der Waals surface area contributed by atoms with E-state index in [1.165, 1.54) is 18.3 Å². The molecule has 33 heavy (non-hydrogen) atoms. The van der Waals surface area contributed by atoms with Crippen LogP contribution in [0.2, 0.25) is 0 Å². The number of aliphatic hydroxyl groups excluding tert-OH is 1. The molecule has 10 heteroatoms. The molecule has 1 unspecified atom stereocenters. The second-order valence-corrected chi connectivity index (χ2v) is 7.60. The highest BCUT2D eigenvalue weighted by Crippen LogP contribution is 2.29. The Morgan fingerprint density at radius 2 is 2.00 bits per heavy atom. The molecule has 1 saturated heterocycles. The lowest BCUT2D eigenvalue weighted by molar-refractivity contribution is -0.137. The van der Waals surface area contributed by atoms with Crippen LogP contribution in [0.1, 0.15) is 15.9 Å². The van der Waals surface area contributed by atoms with Gasteiger partial charge in [-0.15, -0.1) is 6.42 Å². The number of carbonyl (C=O) groups excluding carboxylic acids is 1. The number of carbonyl (C=O) groups is 1. The van der Waals surface area contributed by atoms with Crippen molar-refractivity contribution in [2.75, 3.05) is 56.2 Å². The summed E-state index contributed by atoms with van der Waals surface area (Å²) in [5.41, 5.74) is -0.581. The van der Waals surface area contributed by atoms with Crippen LogP contribution in [0.25, 0.3) is 0 Å². The minimum atomic E-state index is -4.52. The zero-order valence-corrected chi connectivity index (χ0v) is 17.9. The minimum Gasteiger partial charge on any atom is -0.389 e. The summed E-state index contributed by atoms with van der Waals surface area (Å²) in [6.45, 7) is 3.75. The maximum absolute atomic E-state index is 12.9. The van der Waals surface area contributed by atoms with Crippen molar-refractivity contribution in [2.24, 2.45) is 0 Å². The van der Waals surface area contributed by atoms with Gasteiger partial charge in [-0.3, -0.25) is 9.69 Å². The van der Waals surface area contributed by atoms with Gasteiger partial charge < -0.3 is 20.1 Å². The summed E-state index contributed by atoms with van der Waals surface area (Å²) in [6.07, 6.45) is 1.46. The number of hydrogen-bond donors (Lipinski definition) is 2. The van der Waals surface area contributed by atoms with Gasteiger partial charge in [0.05, 0.1) is 30.2 Å². The van der Waals surface area contributed by atoms with E-state index in [2.05, 4.69) is 26.0 Å². The molecule has 1 aliphatic rings. The third-order valence-electron chi connectivity index (χ3n) is 5.12. The fourth-order valence-corrected chi connectivity index (χ4v) is 3.45. The maximum Gasteiger partial charge on any atom is 0.416 e. The van der Waals surface area contributed by atoms with Crippen LogP contribution in [0.5, 0.6) is 0 Å². The van der Waals surface area contributed by atoms with Crippen LogP contribution in [0.4, 0.5) is 24.7 Å². The van der Waals surface area contributed by atoms with Crippen molar-refractivity contribution in [3.63, 3.8) is 0 Å². The Morgan fingerprint density at radius 3 is 2.64 bits per heavy atom. The highest BCUT2D eigenvalue weighted by atomic mass is 19.4. The van der Waals surface area contributed by atoms with Crippen molar-refractivity contribution >= 4 is 17.4 Å². The van der Waals surface area contributed by atoms with Crippen LogP contribution in [0, 0.1) is 12.3 Å². The Morgan fingerprint density at radius 1 is 1.24 bits per heavy atom. The zero-order valence-electron chi connectivity index (χ0n) is 17.9. The molecule has 1 aromatic carbocycles. The topological polar surface area (TPSA) is 77.9 Å². The van der Waals surface area contributed by atoms with Gasteiger partial charge in [-0.25, -0.2) is 4.98 Å². The van der Waals surface area contributed by atoms with Crippen LogP contribution in [-0.4, -0.2) is 72.9 Å². The third kappa shape index (κ3) is 7.18. The molecule has 0 radical (unpaired) electrons. The van der Waals surface area contributed by atoms with Crippen molar-refractivity contribution in [3.8, 4) is 12.3 Å². The van der Waals surface area contributed by atoms with Gasteiger partial charge in [-0.05, 0) is 30.3 Å². The zero-order chi connectivity index (χ0) is 23.8. The first-order valence-corrected chi connectivity index (χ1v) is 10.4. The predicted octanol–water partition coefficient (Wildman–Crippen LogP) is 2.49. The number of alkyl halides is 3. The molecule has 176 valence electrons. The van der Waals surface area contributed by atoms with Crippen molar-refractivity contribution < 1.29 is 27.8 Å². The number of nitrogens with one attached hydrogen (secondary N) is 1. The summed E-state index contributed by atoms with van der Waals surface area (Å²) in [5, 5.41) is 12.6. The van der Waals surface area contributed by atoms with Gasteiger partial charge in [0.2, 0.25) is 0 Å². The molecule has 1 fully saturated rings. The molecule has 0 spiro atoms. The van der Waals surface area contributed by atoms with Gasteiger partial charge in [-0.2, -0.15) is 13.2 Å². The van der Waals surface area contributed by atoms with Crippen molar-refractivity contribution in [1.82, 2.24) is 9.88 Å². The van der Waals surface area contributed by atoms with E-state index in [1.807, 2.05) is 0 Å². The van der Waals surface area contributed by atoms with Crippen molar-refractivity contribution in [3.05, 3.63) is 53.7 Å². The number of rotatable bonds is 8. The monoisotopic (exact) mass is 462 g/mol. The van der Waals surface area contributed by atoms with Crippen molar-refractivity contribution in [1.29, 1.82) is 0 Å². The molecular weight excluding hydrogens is 437 g/mol. The van der Waals surface area contributed by atoms with Gasteiger partial charge in [0.1, 0.15) is 12.4 Å². The third-order valence-corrected chi connectivity index (χ3v) is 5.12. The number of β-amino-alcohol motifs (C(OH)–C–C–N with tert-alkyl or cyclic N) is 1. The molecule has 1 aromatic heterocycles. The SMILES string of the molecule is C#CCOCC(O)CN1CCN(c2ccc(NC(=O)c3cccc(C(F)(F)F)c3)cn2)CC1. The Bertz CT molecular complexity index is 968. The highest BCUT2D eigenvalue weighted by Gasteiger charge is 2.31. The molecular formula is C23H25F3N4O3. The lowest BCUT2D eigenvalue weighted by Crippen LogP contribution is -2.49. The number of piperazine rings is 1. The van der Waals surface area contributed by atoms with Gasteiger partial charge in [0.25, 0.3) is 5.91 Å². The van der Waals surface area contributed by atoms with Crippen LogP contribution in [0.3, 0.4) is 0 Å². The summed E-state index contributed by atoms with van der Waals surface area (Å²) in [4.78, 5) is 20.9. The Labute approximate surface area is 190 Å². The second kappa shape index (κ2) is 11.1. The van der Waals surface area contributed by atoms with Crippen LogP contribution < -0.4 is 10.2 Å². The van der Waals surface area contributed by atoms with E-state index >= 15 is 0 Å². The van der Waals surface area contributed by atoms with Gasteiger partial charge in [-0.1, -0.05) is 12.0 Å². The van der Waals surface area contributed by atoms with Gasteiger partial charge >= 0.3 is 6.18 Å². The molecule has 2 aromatic rings. The first-order chi connectivity index (χ1) is 15.8. The van der Waals surface area contributed by atoms with E-state index in [-0.39, 0.29) is 18.8 Å². The number of terminal acetylenes is 1. The van der Waals surface area contributed by atoms with E-state index in [0.29, 0.717) is 25.3 Å². The maximum atomic E-state index is 12.9. The summed E-state index contributed by atoms with van der Waals surface area (Å²) in [5.74, 6) is 2.44. The number of anilines is 2. The summed E-state index contributed by atoms with van der Waals surface area (Å²) >= 11 is 0. The Hall–Kier alpha value is -3.13. The van der Waals surface area contributed by atoms with E-state index in [0.717, 1.165) is 31.0 Å². The van der Waals surface area contributed by atoms with E-state index in [4.69, 9.17) is 11.2 Å². The van der Waals surface area contributed by atoms with Crippen molar-refractivity contribution in [2.45, 2.75) is 12.3 Å².